The van der Waals surface area contributed by atoms with Crippen LogP contribution >= 0.6 is 0 Å². The van der Waals surface area contributed by atoms with E-state index in [9.17, 15) is 18.0 Å². The van der Waals surface area contributed by atoms with Gasteiger partial charge in [-0.3, -0.25) is 4.79 Å². The molecule has 2 rings (SSSR count). The van der Waals surface area contributed by atoms with Gasteiger partial charge in [0, 0.05) is 12.6 Å². The molecule has 1 N–H and O–H groups in total. The van der Waals surface area contributed by atoms with Gasteiger partial charge in [-0.2, -0.15) is 13.2 Å². The van der Waals surface area contributed by atoms with Crippen LogP contribution in [0.15, 0.2) is 12.3 Å². The fraction of sp³-hybridized carbons (Fsp3) is 0.667. The molecule has 22 heavy (non-hydrogen) atoms. The number of carbonyl (C=O) groups is 1. The van der Waals surface area contributed by atoms with Gasteiger partial charge < -0.3 is 5.32 Å². The Kier molecular flexibility index (Phi) is 5.37. The molecule has 0 atom stereocenters. The topological polar surface area (TPSA) is 54.9 Å². The molecule has 4 nitrogen and oxygen atoms in total. The van der Waals surface area contributed by atoms with E-state index in [1.807, 2.05) is 0 Å². The molecule has 1 aromatic heterocycles. The minimum absolute atomic E-state index is 0.0470. The molecular formula is C15H20F3N3O. The summed E-state index contributed by atoms with van der Waals surface area (Å²) in [6.45, 7) is 2.09. The van der Waals surface area contributed by atoms with Gasteiger partial charge in [0.1, 0.15) is 5.82 Å². The number of nitrogens with one attached hydrogen (secondary N) is 1. The molecule has 0 aromatic carbocycles. The summed E-state index contributed by atoms with van der Waals surface area (Å²) in [4.78, 5) is 20.0. The van der Waals surface area contributed by atoms with Crippen LogP contribution in [0.5, 0.6) is 0 Å². The molecule has 0 aliphatic heterocycles. The van der Waals surface area contributed by atoms with Crippen molar-refractivity contribution in [2.45, 2.75) is 51.7 Å². The van der Waals surface area contributed by atoms with Gasteiger partial charge >= 0.3 is 6.18 Å². The van der Waals surface area contributed by atoms with Crippen LogP contribution in [-0.4, -0.2) is 22.1 Å². The highest BCUT2D eigenvalue weighted by Crippen LogP contribution is 2.40. The van der Waals surface area contributed by atoms with Gasteiger partial charge in [0.15, 0.2) is 0 Å². The average Bonchev–Trinajstić information content (AvgIpc) is 2.45. The van der Waals surface area contributed by atoms with E-state index >= 15 is 0 Å². The Balaban J connectivity index is 1.72. The summed E-state index contributed by atoms with van der Waals surface area (Å²) in [5, 5.41) is 2.76. The Labute approximate surface area is 127 Å². The van der Waals surface area contributed by atoms with Crippen LogP contribution in [0.2, 0.25) is 0 Å². The van der Waals surface area contributed by atoms with E-state index in [-0.39, 0.29) is 31.1 Å². The molecule has 1 amide bonds. The van der Waals surface area contributed by atoms with Crippen molar-refractivity contribution in [3.8, 4) is 0 Å². The third-order valence-electron chi connectivity index (χ3n) is 4.08. The number of nitrogens with zero attached hydrogens (tertiary/aromatic N) is 2. The Hall–Kier alpha value is -1.66. The number of halogens is 3. The maximum Gasteiger partial charge on any atom is 0.391 e. The first-order chi connectivity index (χ1) is 10.3. The lowest BCUT2D eigenvalue weighted by Crippen LogP contribution is -2.31. The Morgan fingerprint density at radius 2 is 2.00 bits per heavy atom. The highest BCUT2D eigenvalue weighted by molar-refractivity contribution is 5.76. The summed E-state index contributed by atoms with van der Waals surface area (Å²) < 4.78 is 37.7. The summed E-state index contributed by atoms with van der Waals surface area (Å²) in [5.41, 5.74) is 0.724. The van der Waals surface area contributed by atoms with Crippen LogP contribution < -0.4 is 5.32 Å². The van der Waals surface area contributed by atoms with E-state index in [0.717, 1.165) is 5.69 Å². The Bertz CT molecular complexity index is 511. The maximum absolute atomic E-state index is 12.6. The van der Waals surface area contributed by atoms with Crippen molar-refractivity contribution in [1.29, 1.82) is 0 Å². The first-order valence-corrected chi connectivity index (χ1v) is 7.46. The zero-order valence-corrected chi connectivity index (χ0v) is 12.5. The van der Waals surface area contributed by atoms with Crippen molar-refractivity contribution in [3.63, 3.8) is 0 Å². The maximum atomic E-state index is 12.6. The molecule has 1 aromatic rings. The summed E-state index contributed by atoms with van der Waals surface area (Å²) in [6, 6.07) is 1.72. The number of aromatic nitrogens is 2. The summed E-state index contributed by atoms with van der Waals surface area (Å²) in [6.07, 6.45) is -0.998. The third kappa shape index (κ3) is 4.96. The third-order valence-corrected chi connectivity index (χ3v) is 4.08. The number of aryl methyl sites for hydroxylation is 1. The van der Waals surface area contributed by atoms with Crippen molar-refractivity contribution in [2.24, 2.45) is 11.8 Å². The van der Waals surface area contributed by atoms with Gasteiger partial charge in [0.2, 0.25) is 5.91 Å². The van der Waals surface area contributed by atoms with E-state index in [2.05, 4.69) is 15.3 Å². The largest absolute Gasteiger partial charge is 0.391 e. The van der Waals surface area contributed by atoms with E-state index < -0.39 is 12.1 Å². The van der Waals surface area contributed by atoms with Crippen LogP contribution in [0.4, 0.5) is 13.2 Å². The first-order valence-electron chi connectivity index (χ1n) is 7.46. The second-order valence-corrected chi connectivity index (χ2v) is 5.84. The molecule has 0 radical (unpaired) electrons. The highest BCUT2D eigenvalue weighted by atomic mass is 19.4. The van der Waals surface area contributed by atoms with Gasteiger partial charge in [-0.1, -0.05) is 0 Å². The monoisotopic (exact) mass is 315 g/mol. The smallest absolute Gasteiger partial charge is 0.350 e. The summed E-state index contributed by atoms with van der Waals surface area (Å²) in [5.74, 6) is -0.648. The summed E-state index contributed by atoms with van der Waals surface area (Å²) in [7, 11) is 0. The van der Waals surface area contributed by atoms with E-state index in [0.29, 0.717) is 25.2 Å². The number of hydrogen-bond acceptors (Lipinski definition) is 3. The Morgan fingerprint density at radius 1 is 1.32 bits per heavy atom. The summed E-state index contributed by atoms with van der Waals surface area (Å²) >= 11 is 0. The average molecular weight is 315 g/mol. The Morgan fingerprint density at radius 3 is 2.59 bits per heavy atom. The highest BCUT2D eigenvalue weighted by Gasteiger charge is 2.41. The van der Waals surface area contributed by atoms with Crippen LogP contribution in [0, 0.1) is 18.8 Å². The molecule has 0 unspecified atom stereocenters. The number of amides is 1. The quantitative estimate of drug-likeness (QED) is 0.928. The lowest BCUT2D eigenvalue weighted by Gasteiger charge is -2.29. The minimum Gasteiger partial charge on any atom is -0.350 e. The normalized spacial score (nSPS) is 22.4. The molecule has 122 valence electrons. The predicted molar refractivity (Wildman–Crippen MR) is 74.7 cm³/mol. The minimum atomic E-state index is -4.10. The number of alkyl halides is 3. The van der Waals surface area contributed by atoms with E-state index in [4.69, 9.17) is 0 Å². The second-order valence-electron chi connectivity index (χ2n) is 5.84. The fourth-order valence-electron chi connectivity index (χ4n) is 2.82. The van der Waals surface area contributed by atoms with E-state index in [1.165, 1.54) is 0 Å². The molecule has 1 aliphatic rings. The SMILES string of the molecule is Cc1nccc(CNC(=O)CC2CCC(C(F)(F)F)CC2)n1. The van der Waals surface area contributed by atoms with Gasteiger partial charge in [-0.15, -0.1) is 0 Å². The zero-order valence-electron chi connectivity index (χ0n) is 12.5. The fourth-order valence-corrected chi connectivity index (χ4v) is 2.82. The molecule has 1 saturated carbocycles. The molecular weight excluding hydrogens is 295 g/mol. The molecule has 1 heterocycles. The number of carbonyl (C=O) groups excluding carboxylic acids is 1. The van der Waals surface area contributed by atoms with Crippen molar-refractivity contribution in [3.05, 3.63) is 23.8 Å². The van der Waals surface area contributed by atoms with Crippen molar-refractivity contribution < 1.29 is 18.0 Å². The number of rotatable bonds is 4. The van der Waals surface area contributed by atoms with Gasteiger partial charge in [-0.25, -0.2) is 9.97 Å². The van der Waals surface area contributed by atoms with Crippen LogP contribution in [0.3, 0.4) is 0 Å². The standard InChI is InChI=1S/C15H20F3N3O/c1-10-19-7-6-13(21-10)9-20-14(22)8-11-2-4-12(5-3-11)15(16,17)18/h6-7,11-12H,2-5,8-9H2,1H3,(H,20,22). The molecule has 0 bridgehead atoms. The van der Waals surface area contributed by atoms with Crippen molar-refractivity contribution >= 4 is 5.91 Å². The van der Waals surface area contributed by atoms with Crippen molar-refractivity contribution in [2.75, 3.05) is 0 Å². The number of hydrogen-bond donors (Lipinski definition) is 1. The van der Waals surface area contributed by atoms with Gasteiger partial charge in [0.05, 0.1) is 18.2 Å². The first kappa shape index (κ1) is 16.7. The van der Waals surface area contributed by atoms with Crippen molar-refractivity contribution in [1.82, 2.24) is 15.3 Å². The zero-order chi connectivity index (χ0) is 16.2. The van der Waals surface area contributed by atoms with Gasteiger partial charge in [0.25, 0.3) is 0 Å². The molecule has 1 aliphatic carbocycles. The lowest BCUT2D eigenvalue weighted by atomic mass is 9.80. The van der Waals surface area contributed by atoms with Gasteiger partial charge in [-0.05, 0) is 44.6 Å². The van der Waals surface area contributed by atoms with Crippen LogP contribution in [0.25, 0.3) is 0 Å². The second kappa shape index (κ2) is 7.07. The molecule has 0 spiro atoms. The molecule has 1 fully saturated rings. The van der Waals surface area contributed by atoms with Crippen LogP contribution in [0.1, 0.15) is 43.6 Å². The molecule has 7 heteroatoms. The lowest BCUT2D eigenvalue weighted by molar-refractivity contribution is -0.184. The molecule has 0 saturated heterocycles. The predicted octanol–water partition coefficient (Wildman–Crippen LogP) is 3.16. The van der Waals surface area contributed by atoms with Crippen LogP contribution in [-0.2, 0) is 11.3 Å². The van der Waals surface area contributed by atoms with E-state index in [1.54, 1.807) is 19.2 Å².